The summed E-state index contributed by atoms with van der Waals surface area (Å²) in [6.45, 7) is 22.4. The van der Waals surface area contributed by atoms with E-state index in [0.29, 0.717) is 64.7 Å². The van der Waals surface area contributed by atoms with Crippen LogP contribution in [0.3, 0.4) is 0 Å². The van der Waals surface area contributed by atoms with Gasteiger partial charge in [-0.2, -0.15) is 0 Å². The second-order valence-corrected chi connectivity index (χ2v) is 19.5. The molecule has 2 aliphatic heterocycles. The Morgan fingerprint density at radius 2 is 1.03 bits per heavy atom. The predicted molar refractivity (Wildman–Crippen MR) is 277 cm³/mol. The lowest BCUT2D eigenvalue weighted by atomic mass is 9.79. The van der Waals surface area contributed by atoms with Gasteiger partial charge in [0.15, 0.2) is 0 Å². The predicted octanol–water partition coefficient (Wildman–Crippen LogP) is 9.62. The summed E-state index contributed by atoms with van der Waals surface area (Å²) in [7, 11) is 0. The SMILES string of the molecule is CCNC(=O)NCc1cccc(-c2ccc(C(C)(C)CCCCC(=O)N3CCOCC3)cc2O)c1.CCNC(=O)NCc1cccc(-c2ccc(C(C)(C)CCCCCN3CCOCC3)cc2O)c1. The molecule has 69 heavy (non-hydrogen) atoms. The van der Waals surface area contributed by atoms with Gasteiger partial charge < -0.3 is 45.9 Å². The van der Waals surface area contributed by atoms with E-state index in [1.807, 2.05) is 91.5 Å². The summed E-state index contributed by atoms with van der Waals surface area (Å²) in [6.07, 6.45) is 8.05. The van der Waals surface area contributed by atoms with Crippen molar-refractivity contribution in [1.29, 1.82) is 0 Å². The van der Waals surface area contributed by atoms with Gasteiger partial charge in [0.1, 0.15) is 11.5 Å². The van der Waals surface area contributed by atoms with Crippen molar-refractivity contribution in [2.75, 3.05) is 72.2 Å². The van der Waals surface area contributed by atoms with Crippen molar-refractivity contribution >= 4 is 18.0 Å². The molecule has 13 heteroatoms. The van der Waals surface area contributed by atoms with Crippen molar-refractivity contribution in [1.82, 2.24) is 31.1 Å². The number of amides is 5. The molecule has 6 rings (SSSR count). The molecule has 2 saturated heterocycles. The van der Waals surface area contributed by atoms with Gasteiger partial charge in [0.25, 0.3) is 0 Å². The highest BCUT2D eigenvalue weighted by molar-refractivity contribution is 5.77. The fourth-order valence-corrected chi connectivity index (χ4v) is 8.91. The molecule has 6 N–H and O–H groups in total. The number of nitrogens with zero attached hydrogens (tertiary/aromatic N) is 2. The second-order valence-electron chi connectivity index (χ2n) is 19.5. The number of morpholine rings is 2. The van der Waals surface area contributed by atoms with E-state index >= 15 is 0 Å². The number of carbonyl (C=O) groups excluding carboxylic acids is 3. The maximum Gasteiger partial charge on any atom is 0.315 e. The van der Waals surface area contributed by atoms with Gasteiger partial charge in [-0.05, 0) is 115 Å². The summed E-state index contributed by atoms with van der Waals surface area (Å²) in [5.74, 6) is 0.759. The fraction of sp³-hybridized carbons (Fsp3) is 0.518. The number of hydrogen-bond acceptors (Lipinski definition) is 8. The third-order valence-electron chi connectivity index (χ3n) is 13.3. The van der Waals surface area contributed by atoms with Crippen LogP contribution in [-0.4, -0.2) is 110 Å². The van der Waals surface area contributed by atoms with E-state index in [9.17, 15) is 24.6 Å². The summed E-state index contributed by atoms with van der Waals surface area (Å²) in [6, 6.07) is 27.4. The summed E-state index contributed by atoms with van der Waals surface area (Å²) >= 11 is 0. The molecule has 0 radical (unpaired) electrons. The number of unbranched alkanes of at least 4 members (excludes halogenated alkanes) is 3. The molecule has 0 aromatic heterocycles. The molecule has 376 valence electrons. The number of hydrogen-bond donors (Lipinski definition) is 6. The molecule has 0 spiro atoms. The van der Waals surface area contributed by atoms with E-state index in [4.69, 9.17) is 9.47 Å². The van der Waals surface area contributed by atoms with Gasteiger partial charge in [-0.1, -0.05) is 108 Å². The van der Waals surface area contributed by atoms with Crippen molar-refractivity contribution in [3.05, 3.63) is 107 Å². The van der Waals surface area contributed by atoms with E-state index in [2.05, 4.69) is 66.0 Å². The van der Waals surface area contributed by atoms with Gasteiger partial charge in [-0.15, -0.1) is 0 Å². The Morgan fingerprint density at radius 1 is 0.565 bits per heavy atom. The lowest BCUT2D eigenvalue weighted by Crippen LogP contribution is -2.40. The van der Waals surface area contributed by atoms with E-state index in [1.165, 1.54) is 19.3 Å². The molecule has 0 atom stereocenters. The minimum Gasteiger partial charge on any atom is -0.507 e. The molecule has 0 unspecified atom stereocenters. The minimum atomic E-state index is -0.196. The number of benzene rings is 4. The van der Waals surface area contributed by atoms with E-state index in [0.717, 1.165) is 103 Å². The first-order valence-electron chi connectivity index (χ1n) is 25.2. The molecular weight excluding hydrogens is 869 g/mol. The Morgan fingerprint density at radius 3 is 1.49 bits per heavy atom. The van der Waals surface area contributed by atoms with Crippen LogP contribution < -0.4 is 21.3 Å². The number of aromatic hydroxyl groups is 2. The highest BCUT2D eigenvalue weighted by atomic mass is 16.5. The molecule has 0 aliphatic carbocycles. The molecule has 0 bridgehead atoms. The van der Waals surface area contributed by atoms with E-state index in [-0.39, 0.29) is 34.5 Å². The third kappa shape index (κ3) is 17.7. The van der Waals surface area contributed by atoms with Crippen LogP contribution in [0.5, 0.6) is 11.5 Å². The molecule has 4 aromatic carbocycles. The van der Waals surface area contributed by atoms with Crippen LogP contribution in [0.15, 0.2) is 84.9 Å². The van der Waals surface area contributed by atoms with Gasteiger partial charge >= 0.3 is 12.1 Å². The Hall–Kier alpha value is -5.63. The summed E-state index contributed by atoms with van der Waals surface area (Å²) in [5, 5.41) is 32.8. The molecule has 4 aromatic rings. The number of rotatable bonds is 21. The van der Waals surface area contributed by atoms with Crippen LogP contribution in [0.25, 0.3) is 22.3 Å². The zero-order valence-corrected chi connectivity index (χ0v) is 42.3. The van der Waals surface area contributed by atoms with Gasteiger partial charge in [-0.25, -0.2) is 9.59 Å². The molecule has 5 amide bonds. The zero-order valence-electron chi connectivity index (χ0n) is 42.3. The summed E-state index contributed by atoms with van der Waals surface area (Å²) in [4.78, 5) is 40.1. The monoisotopic (exact) mass is 949 g/mol. The Kier molecular flexibility index (Phi) is 21.7. The van der Waals surface area contributed by atoms with Crippen molar-refractivity contribution in [3.8, 4) is 33.8 Å². The van der Waals surface area contributed by atoms with Crippen LogP contribution in [0.2, 0.25) is 0 Å². The summed E-state index contributed by atoms with van der Waals surface area (Å²) < 4.78 is 10.7. The van der Waals surface area contributed by atoms with Crippen molar-refractivity contribution < 1.29 is 34.1 Å². The number of phenolic OH excluding ortho intramolecular Hbond substituents is 2. The molecule has 0 saturated carbocycles. The van der Waals surface area contributed by atoms with E-state index < -0.39 is 0 Å². The number of nitrogens with one attached hydrogen (secondary N) is 4. The highest BCUT2D eigenvalue weighted by Gasteiger charge is 2.24. The quantitative estimate of drug-likeness (QED) is 0.0450. The van der Waals surface area contributed by atoms with Gasteiger partial charge in [0.2, 0.25) is 5.91 Å². The van der Waals surface area contributed by atoms with Gasteiger partial charge in [0, 0.05) is 69.9 Å². The molecule has 2 heterocycles. The fourth-order valence-electron chi connectivity index (χ4n) is 8.91. The van der Waals surface area contributed by atoms with Crippen LogP contribution in [0.4, 0.5) is 9.59 Å². The lowest BCUT2D eigenvalue weighted by molar-refractivity contribution is -0.135. The third-order valence-corrected chi connectivity index (χ3v) is 13.3. The topological polar surface area (TPSA) is 165 Å². The molecule has 2 fully saturated rings. The number of ether oxygens (including phenoxy) is 2. The van der Waals surface area contributed by atoms with Gasteiger partial charge in [0.05, 0.1) is 26.4 Å². The molecular formula is C56H80N6O7. The molecule has 2 aliphatic rings. The van der Waals surface area contributed by atoms with Crippen molar-refractivity contribution in [3.63, 3.8) is 0 Å². The second kappa shape index (κ2) is 27.5. The minimum absolute atomic E-state index is 0.00732. The van der Waals surface area contributed by atoms with Crippen LogP contribution in [-0.2, 0) is 38.2 Å². The lowest BCUT2D eigenvalue weighted by Gasteiger charge is -2.28. The number of phenols is 2. The largest absolute Gasteiger partial charge is 0.507 e. The Balaban J connectivity index is 0.000000258. The average Bonchev–Trinajstić information content (AvgIpc) is 3.35. The van der Waals surface area contributed by atoms with Crippen LogP contribution in [0.1, 0.15) is 115 Å². The average molecular weight is 949 g/mol. The first kappa shape index (κ1) is 54.3. The van der Waals surface area contributed by atoms with Crippen molar-refractivity contribution in [2.24, 2.45) is 0 Å². The number of carbonyl (C=O) groups is 3. The van der Waals surface area contributed by atoms with Crippen molar-refractivity contribution in [2.45, 2.75) is 117 Å². The first-order chi connectivity index (χ1) is 33.2. The summed E-state index contributed by atoms with van der Waals surface area (Å²) in [5.41, 5.74) is 7.51. The van der Waals surface area contributed by atoms with Crippen LogP contribution >= 0.6 is 0 Å². The first-order valence-corrected chi connectivity index (χ1v) is 25.2. The Bertz CT molecular complexity index is 2230. The zero-order chi connectivity index (χ0) is 49.7. The molecule has 13 nitrogen and oxygen atoms in total. The standard InChI is InChI=1S/C28H39N3O4.C28H41N3O3/c1-4-29-27(34)30-20-21-8-7-9-22(18-21)24-12-11-23(19-25(24)32)28(2,3)13-6-5-10-26(33)31-14-16-35-17-15-31;1-4-29-27(33)30-21-22-9-8-10-23(19-22)25-12-11-24(20-26(25)32)28(2,3)13-6-5-7-14-31-15-17-34-18-16-31/h7-9,11-12,18-19,32H,4-6,10,13-17,20H2,1-3H3,(H2,29,30,34);8-12,19-20,32H,4-7,13-18,21H2,1-3H3,(H2,29,30,33). The highest BCUT2D eigenvalue weighted by Crippen LogP contribution is 2.38. The van der Waals surface area contributed by atoms with Crippen LogP contribution in [0, 0.1) is 0 Å². The Labute approximate surface area is 411 Å². The smallest absolute Gasteiger partial charge is 0.315 e. The number of urea groups is 2. The van der Waals surface area contributed by atoms with E-state index in [1.54, 1.807) is 0 Å². The normalized spacial score (nSPS) is 14.3. The maximum atomic E-state index is 12.4. The van der Waals surface area contributed by atoms with Gasteiger partial charge in [-0.3, -0.25) is 9.69 Å². The maximum absolute atomic E-state index is 12.4.